The lowest BCUT2D eigenvalue weighted by Crippen LogP contribution is -2.50. The second kappa shape index (κ2) is 7.04. The van der Waals surface area contributed by atoms with Crippen molar-refractivity contribution in [2.75, 3.05) is 13.1 Å². The van der Waals surface area contributed by atoms with Crippen LogP contribution in [-0.4, -0.2) is 29.7 Å². The predicted molar refractivity (Wildman–Crippen MR) is 101 cm³/mol. The fourth-order valence-corrected chi connectivity index (χ4v) is 3.98. The van der Waals surface area contributed by atoms with E-state index in [1.165, 1.54) is 17.4 Å². The van der Waals surface area contributed by atoms with E-state index in [0.29, 0.717) is 11.1 Å². The van der Waals surface area contributed by atoms with E-state index in [9.17, 15) is 20.6 Å². The Labute approximate surface area is 169 Å². The van der Waals surface area contributed by atoms with Gasteiger partial charge in [0, 0.05) is 24.9 Å². The van der Waals surface area contributed by atoms with Crippen molar-refractivity contribution in [3.05, 3.63) is 47.1 Å². The van der Waals surface area contributed by atoms with Crippen LogP contribution in [0.5, 0.6) is 0 Å². The molecule has 2 atom stereocenters. The van der Waals surface area contributed by atoms with Crippen molar-refractivity contribution < 1.29 is 13.9 Å². The first-order chi connectivity index (χ1) is 13.7. The molecule has 0 bridgehead atoms. The van der Waals surface area contributed by atoms with E-state index < -0.39 is 28.9 Å². The molecule has 0 fully saturated rings. The Morgan fingerprint density at radius 2 is 2.03 bits per heavy atom. The summed E-state index contributed by atoms with van der Waals surface area (Å²) in [6.45, 7) is 5.75. The van der Waals surface area contributed by atoms with Crippen molar-refractivity contribution in [2.45, 2.75) is 32.3 Å². The molecule has 148 valence electrons. The normalized spacial score (nSPS) is 23.2. The molecule has 1 amide bonds. The highest BCUT2D eigenvalue weighted by atomic mass is 16.6. The highest BCUT2D eigenvalue weighted by Gasteiger charge is 2.55. The second-order valence-corrected chi connectivity index (χ2v) is 8.12. The highest BCUT2D eigenvalue weighted by Crippen LogP contribution is 2.54. The van der Waals surface area contributed by atoms with Crippen LogP contribution in [0.1, 0.15) is 32.3 Å². The zero-order valence-corrected chi connectivity index (χ0v) is 16.5. The summed E-state index contributed by atoms with van der Waals surface area (Å²) in [5.74, 6) is -1.19. The molecule has 8 heteroatoms. The summed E-state index contributed by atoms with van der Waals surface area (Å²) in [4.78, 5) is 14.1. The number of hydrogen-bond donors (Lipinski definition) is 1. The number of rotatable bonds is 1. The van der Waals surface area contributed by atoms with Gasteiger partial charge in [-0.15, -0.1) is 0 Å². The number of nitrogens with zero attached hydrogens (tertiary/aromatic N) is 4. The molecule has 8 nitrogen and oxygen atoms in total. The van der Waals surface area contributed by atoms with Gasteiger partial charge < -0.3 is 19.8 Å². The first-order valence-corrected chi connectivity index (χ1v) is 9.11. The predicted octanol–water partition coefficient (Wildman–Crippen LogP) is 2.94. The number of nitrogens with two attached hydrogens (primary N) is 1. The van der Waals surface area contributed by atoms with Crippen molar-refractivity contribution in [1.82, 2.24) is 4.90 Å². The molecule has 2 aliphatic rings. The topological polar surface area (TPSA) is 140 Å². The number of fused-ring (bicyclic) bond motifs is 1. The van der Waals surface area contributed by atoms with Crippen LogP contribution in [-0.2, 0) is 4.74 Å². The Morgan fingerprint density at radius 3 is 2.55 bits per heavy atom. The van der Waals surface area contributed by atoms with E-state index in [-0.39, 0.29) is 24.4 Å². The van der Waals surface area contributed by atoms with Crippen LogP contribution < -0.4 is 5.73 Å². The smallest absolute Gasteiger partial charge is 0.410 e. The maximum Gasteiger partial charge on any atom is 0.410 e. The Hall–Kier alpha value is -3.70. The Kier molecular flexibility index (Phi) is 4.86. The zero-order chi connectivity index (χ0) is 21.4. The molecule has 3 rings (SSSR count). The van der Waals surface area contributed by atoms with Gasteiger partial charge in [0.25, 0.3) is 0 Å². The third-order valence-electron chi connectivity index (χ3n) is 5.22. The summed E-state index contributed by atoms with van der Waals surface area (Å²) in [5, 5.41) is 29.6. The average Bonchev–Trinajstić information content (AvgIpc) is 3.19. The maximum absolute atomic E-state index is 12.6. The van der Waals surface area contributed by atoms with Crippen LogP contribution in [0.15, 0.2) is 45.9 Å². The van der Waals surface area contributed by atoms with Gasteiger partial charge in [-0.2, -0.15) is 15.8 Å². The van der Waals surface area contributed by atoms with Crippen LogP contribution in [0, 0.1) is 45.3 Å². The molecule has 0 spiro atoms. The summed E-state index contributed by atoms with van der Waals surface area (Å²) in [7, 11) is 0. The molecule has 2 N–H and O–H groups in total. The summed E-state index contributed by atoms with van der Waals surface area (Å²) < 4.78 is 10.7. The van der Waals surface area contributed by atoms with Crippen LogP contribution in [0.4, 0.5) is 4.79 Å². The van der Waals surface area contributed by atoms with Gasteiger partial charge >= 0.3 is 6.09 Å². The van der Waals surface area contributed by atoms with E-state index in [1.54, 1.807) is 32.9 Å². The molecule has 1 aliphatic heterocycles. The first-order valence-electron chi connectivity index (χ1n) is 9.11. The lowest BCUT2D eigenvalue weighted by Gasteiger charge is -2.45. The van der Waals surface area contributed by atoms with E-state index in [2.05, 4.69) is 6.07 Å². The van der Waals surface area contributed by atoms with Crippen molar-refractivity contribution >= 4 is 6.09 Å². The van der Waals surface area contributed by atoms with E-state index in [0.717, 1.165) is 0 Å². The van der Waals surface area contributed by atoms with Gasteiger partial charge in [0.05, 0.1) is 35.9 Å². The Morgan fingerprint density at radius 1 is 1.34 bits per heavy atom. The van der Waals surface area contributed by atoms with Crippen LogP contribution >= 0.6 is 0 Å². The van der Waals surface area contributed by atoms with Gasteiger partial charge in [0.1, 0.15) is 11.7 Å². The molecule has 1 aromatic rings. The minimum atomic E-state index is -1.76. The van der Waals surface area contributed by atoms with Crippen LogP contribution in [0.25, 0.3) is 0 Å². The summed E-state index contributed by atoms with van der Waals surface area (Å²) in [6.07, 6.45) is 4.16. The minimum absolute atomic E-state index is 0.0654. The van der Waals surface area contributed by atoms with Crippen molar-refractivity contribution in [3.63, 3.8) is 0 Å². The summed E-state index contributed by atoms with van der Waals surface area (Å²) >= 11 is 0. The first kappa shape index (κ1) is 20.0. The molecule has 0 saturated heterocycles. The fourth-order valence-electron chi connectivity index (χ4n) is 3.98. The highest BCUT2D eigenvalue weighted by molar-refractivity contribution is 5.70. The molecule has 1 aliphatic carbocycles. The summed E-state index contributed by atoms with van der Waals surface area (Å²) in [6, 6.07) is 7.79. The third kappa shape index (κ3) is 3.22. The Bertz CT molecular complexity index is 995. The second-order valence-electron chi connectivity index (χ2n) is 8.12. The van der Waals surface area contributed by atoms with E-state index in [1.807, 2.05) is 12.1 Å². The van der Waals surface area contributed by atoms with Gasteiger partial charge in [-0.3, -0.25) is 0 Å². The fraction of sp³-hybridized carbons (Fsp3) is 0.429. The van der Waals surface area contributed by atoms with Gasteiger partial charge in [0.2, 0.25) is 0 Å². The number of amides is 1. The monoisotopic (exact) mass is 391 g/mol. The molecule has 2 unspecified atom stereocenters. The quantitative estimate of drug-likeness (QED) is 0.776. The Balaban J connectivity index is 2.14. The number of allylic oxidation sites excluding steroid dienone is 2. The average molecular weight is 391 g/mol. The molecular formula is C21H21N5O3. The standard InChI is InChI=1S/C21H21N5O3/c1-20(2,3)29-19(27)26-6-4-14-15(8-22)18(25)21(11-23,12-24)17(16(14)9-26)13-5-7-28-10-13/h4-5,7,10,16-17H,6,9,25H2,1-3H3. The maximum atomic E-state index is 12.6. The summed E-state index contributed by atoms with van der Waals surface area (Å²) in [5.41, 5.74) is 5.09. The number of carbonyl (C=O) groups excluding carboxylic acids is 1. The van der Waals surface area contributed by atoms with Gasteiger partial charge in [0.15, 0.2) is 5.41 Å². The van der Waals surface area contributed by atoms with Gasteiger partial charge in [-0.05, 0) is 38.0 Å². The molecule has 1 aromatic heterocycles. The number of nitriles is 3. The van der Waals surface area contributed by atoms with Crippen molar-refractivity contribution in [1.29, 1.82) is 15.8 Å². The van der Waals surface area contributed by atoms with Crippen LogP contribution in [0.2, 0.25) is 0 Å². The molecule has 0 saturated carbocycles. The molecular weight excluding hydrogens is 370 g/mol. The van der Waals surface area contributed by atoms with Gasteiger partial charge in [-0.1, -0.05) is 6.08 Å². The van der Waals surface area contributed by atoms with E-state index in [4.69, 9.17) is 14.9 Å². The lowest BCUT2D eigenvalue weighted by molar-refractivity contribution is 0.0224. The number of ether oxygens (including phenoxy) is 1. The molecule has 0 radical (unpaired) electrons. The number of carbonyl (C=O) groups is 1. The molecule has 2 heterocycles. The molecule has 0 aromatic carbocycles. The van der Waals surface area contributed by atoms with Crippen molar-refractivity contribution in [3.8, 4) is 18.2 Å². The molecule has 29 heavy (non-hydrogen) atoms. The minimum Gasteiger partial charge on any atom is -0.472 e. The SMILES string of the molecule is CC(C)(C)OC(=O)N1CC=C2C(C#N)=C(N)C(C#N)(C#N)C(c3ccoc3)C2C1. The third-order valence-corrected chi connectivity index (χ3v) is 5.22. The number of furan rings is 1. The van der Waals surface area contributed by atoms with Gasteiger partial charge in [-0.25, -0.2) is 4.79 Å². The van der Waals surface area contributed by atoms with Crippen molar-refractivity contribution in [2.24, 2.45) is 17.1 Å². The lowest BCUT2D eigenvalue weighted by atomic mass is 9.58. The van der Waals surface area contributed by atoms with Crippen LogP contribution in [0.3, 0.4) is 0 Å². The van der Waals surface area contributed by atoms with E-state index >= 15 is 0 Å². The zero-order valence-electron chi connectivity index (χ0n) is 16.5. The largest absolute Gasteiger partial charge is 0.472 e. The number of hydrogen-bond acceptors (Lipinski definition) is 7.